The first-order valence-corrected chi connectivity index (χ1v) is 45.1. The summed E-state index contributed by atoms with van der Waals surface area (Å²) < 4.78 is 33.3. The third-order valence-corrected chi connectivity index (χ3v) is 27.0. The average molecular weight is 1720 g/mol. The Hall–Kier alpha value is -12.1. The molecule has 3 aromatic heterocycles. The molecule has 3 amide bonds. The first-order valence-electron chi connectivity index (χ1n) is 45.1. The molecule has 0 spiro atoms. The molecule has 0 N–H and O–H groups in total. The lowest BCUT2D eigenvalue weighted by Crippen LogP contribution is -2.55. The first-order chi connectivity index (χ1) is 61.6. The van der Waals surface area contributed by atoms with Crippen molar-refractivity contribution in [3.05, 3.63) is 185 Å². The highest BCUT2D eigenvalue weighted by Crippen LogP contribution is 2.41. The number of halogens is 1. The number of aromatic nitrogens is 6. The fraction of sp³-hybridized carbons (Fsp3) is 0.490. The highest BCUT2D eigenvalue weighted by atomic mass is 19.1. The summed E-state index contributed by atoms with van der Waals surface area (Å²) in [4.78, 5) is 95.5. The number of nitriles is 3. The zero-order valence-corrected chi connectivity index (χ0v) is 75.0. The van der Waals surface area contributed by atoms with E-state index in [1.807, 2.05) is 48.0 Å². The summed E-state index contributed by atoms with van der Waals surface area (Å²) in [6.07, 6.45) is 12.2. The summed E-state index contributed by atoms with van der Waals surface area (Å²) in [5.41, 5.74) is 12.3. The number of rotatable bonds is 23. The van der Waals surface area contributed by atoms with Crippen LogP contribution in [0.15, 0.2) is 141 Å². The van der Waals surface area contributed by atoms with Crippen molar-refractivity contribution in [1.82, 2.24) is 64.2 Å². The molecule has 0 saturated carbocycles. The Labute approximate surface area is 746 Å². The van der Waals surface area contributed by atoms with E-state index in [2.05, 4.69) is 202 Å². The number of amides is 3. The number of ether oxygens (including phenoxy) is 3. The Morgan fingerprint density at radius 3 is 1.50 bits per heavy atom. The number of carbonyl (C=O) groups is 3. The molecule has 8 aromatic rings. The van der Waals surface area contributed by atoms with Gasteiger partial charge in [-0.05, 0) is 159 Å². The second kappa shape index (κ2) is 41.1. The zero-order valence-electron chi connectivity index (χ0n) is 75.0. The molecule has 9 aliphatic heterocycles. The Morgan fingerprint density at radius 1 is 0.496 bits per heavy atom. The third-order valence-electron chi connectivity index (χ3n) is 27.0. The van der Waals surface area contributed by atoms with Gasteiger partial charge in [0.15, 0.2) is 0 Å². The van der Waals surface area contributed by atoms with Crippen molar-refractivity contribution < 1.29 is 33.0 Å². The molecule has 6 saturated heterocycles. The number of likely N-dealkylation sites (N-methyl/N-ethyl adjacent to an activating group) is 4. The Bertz CT molecular complexity index is 5440. The van der Waals surface area contributed by atoms with Crippen LogP contribution >= 0.6 is 0 Å². The van der Waals surface area contributed by atoms with E-state index in [0.717, 1.165) is 122 Å². The minimum atomic E-state index is -0.948. The SMILES string of the molecule is C=CC(=O)N1CCN(c2nc(OC[C@@H]3CCCN3C)nc3c2CCN(c2cccc4ccccc24)C3)C(CC#N)C1.C=CC(=O)N1CCN(c2nc(OC[C@@H]3[C@H](F)CCN3C)nc3c2CCN(c2cccc4ccccc24)C3)C[C@@H]1CC#N.Cc1cccc(N2CCc3c(nc(OC[C@@H]4C[C@@H](C)CN4C)nc3N3CCN(C(=O)/C=C/CN(C)C)[C@@H](CC#N)C3)C2)c1C. The van der Waals surface area contributed by atoms with Gasteiger partial charge in [0.2, 0.25) is 17.7 Å². The van der Waals surface area contributed by atoms with Crippen LogP contribution in [0.25, 0.3) is 21.5 Å². The lowest BCUT2D eigenvalue weighted by Gasteiger charge is -2.42. The lowest BCUT2D eigenvalue weighted by atomic mass is 10.0. The molecular weight excluding hydrogens is 1600 g/mol. The molecule has 666 valence electrons. The minimum Gasteiger partial charge on any atom is -0.462 e. The highest BCUT2D eigenvalue weighted by molar-refractivity contribution is 5.96. The predicted molar refractivity (Wildman–Crippen MR) is 494 cm³/mol. The molecule has 17 rings (SSSR count). The zero-order chi connectivity index (χ0) is 88.9. The molecule has 5 aromatic carbocycles. The molecule has 28 nitrogen and oxygen atoms in total. The standard InChI is InChI=1S/C34H48N8O2.C32H36FN7O2.C32H37N7O2/c1-24-19-28(39(6)20-24)23-44-34-36-30-22-40(31-10-7-9-25(2)26(31)3)16-13-29(30)33(37-34)41-17-18-42(27(21-41)12-14-35)32(43)11-8-15-38(4)5;1-3-30(41)40-18-17-39(19-23(40)11-14-34)31-25-12-16-38(28-10-6-8-22-7-4-5-9-24(22)28)20-27(25)35-32(36-31)42-21-29-26(33)13-15-37(29)2;1-3-30(40)38-18-19-39(24(20-38)13-15-33)31-27-14-17-37(29-12-6-9-23-8-4-5-11-26(23)29)21-28(27)34-32(35-31)41-22-25-10-7-16-36(25)2/h7-11,24,27-28H,12-13,15-23H2,1-6H3;3-10,23,26,29H,1,11-13,15-21H2,2H3;3-6,8-9,11-12,24-25H,1,7,10,13-14,16-22H2,2H3/b11-8+;;/t24-,27+,28+;23-,26+,29+;24?,25-/m100/s1. The molecule has 29 heteroatoms. The van der Waals surface area contributed by atoms with Crippen molar-refractivity contribution in [2.75, 3.05) is 189 Å². The number of hydrogen-bond donors (Lipinski definition) is 0. The second-order valence-electron chi connectivity index (χ2n) is 35.5. The average Bonchev–Trinajstić information content (AvgIpc) is 1.01. The number of fused-ring (bicyclic) bond motifs is 5. The van der Waals surface area contributed by atoms with E-state index in [4.69, 9.17) is 44.1 Å². The molecular formula is C98H121FN22O6. The van der Waals surface area contributed by atoms with Crippen LogP contribution in [0.3, 0.4) is 0 Å². The van der Waals surface area contributed by atoms with Crippen LogP contribution in [-0.4, -0.2) is 284 Å². The van der Waals surface area contributed by atoms with Gasteiger partial charge in [-0.25, -0.2) is 4.39 Å². The van der Waals surface area contributed by atoms with Crippen LogP contribution in [0.2, 0.25) is 0 Å². The van der Waals surface area contributed by atoms with Gasteiger partial charge in [0, 0.05) is 161 Å². The smallest absolute Gasteiger partial charge is 0.318 e. The minimum absolute atomic E-state index is 0.0421. The van der Waals surface area contributed by atoms with Crippen LogP contribution in [0, 0.1) is 53.8 Å². The number of anilines is 6. The molecule has 127 heavy (non-hydrogen) atoms. The van der Waals surface area contributed by atoms with Gasteiger partial charge in [0.25, 0.3) is 0 Å². The molecule has 12 heterocycles. The summed E-state index contributed by atoms with van der Waals surface area (Å²) >= 11 is 0. The van der Waals surface area contributed by atoms with E-state index in [1.165, 1.54) is 62.6 Å². The number of likely N-dealkylation sites (tertiary alicyclic amines) is 3. The van der Waals surface area contributed by atoms with E-state index < -0.39 is 6.17 Å². The number of piperazine rings is 3. The van der Waals surface area contributed by atoms with Crippen molar-refractivity contribution in [3.8, 4) is 36.2 Å². The van der Waals surface area contributed by atoms with E-state index in [1.54, 1.807) is 15.9 Å². The first kappa shape index (κ1) is 89.7. The number of alkyl halides is 1. The van der Waals surface area contributed by atoms with Gasteiger partial charge < -0.3 is 68.1 Å². The number of aryl methyl sites for hydroxylation is 1. The fourth-order valence-electron chi connectivity index (χ4n) is 19.8. The molecule has 0 radical (unpaired) electrons. The molecule has 6 fully saturated rings. The molecule has 1 unspecified atom stereocenters. The van der Waals surface area contributed by atoms with Gasteiger partial charge in [0.1, 0.15) is 43.4 Å². The summed E-state index contributed by atoms with van der Waals surface area (Å²) in [5, 5.41) is 33.6. The number of carbonyl (C=O) groups excluding carboxylic acids is 3. The second-order valence-corrected chi connectivity index (χ2v) is 35.5. The van der Waals surface area contributed by atoms with E-state index in [0.29, 0.717) is 148 Å². The van der Waals surface area contributed by atoms with Gasteiger partial charge in [-0.2, -0.15) is 45.7 Å². The van der Waals surface area contributed by atoms with Gasteiger partial charge in [-0.3, -0.25) is 24.2 Å². The topological polar surface area (TPSA) is 270 Å². The van der Waals surface area contributed by atoms with Gasteiger partial charge in [-0.15, -0.1) is 0 Å². The van der Waals surface area contributed by atoms with Crippen molar-refractivity contribution in [2.24, 2.45) is 5.92 Å². The molecule has 8 atom stereocenters. The maximum atomic E-state index is 14.6. The van der Waals surface area contributed by atoms with E-state index in [-0.39, 0.29) is 67.3 Å². The summed E-state index contributed by atoms with van der Waals surface area (Å²) in [7, 11) is 10.2. The van der Waals surface area contributed by atoms with Crippen LogP contribution < -0.4 is 43.6 Å². The number of hydrogen-bond acceptors (Lipinski definition) is 25. The normalized spacial score (nSPS) is 22.1. The molecule has 0 bridgehead atoms. The monoisotopic (exact) mass is 1720 g/mol. The lowest BCUT2D eigenvalue weighted by molar-refractivity contribution is -0.129. The van der Waals surface area contributed by atoms with Crippen LogP contribution in [0.5, 0.6) is 18.0 Å². The maximum Gasteiger partial charge on any atom is 0.318 e. The number of nitrogens with zero attached hydrogens (tertiary/aromatic N) is 22. The Morgan fingerprint density at radius 2 is 0.992 bits per heavy atom. The highest BCUT2D eigenvalue weighted by Gasteiger charge is 2.40. The predicted octanol–water partition coefficient (Wildman–Crippen LogP) is 10.9. The van der Waals surface area contributed by atoms with Crippen molar-refractivity contribution in [3.63, 3.8) is 0 Å². The van der Waals surface area contributed by atoms with Gasteiger partial charge in [0.05, 0.1) is 98.4 Å². The number of benzene rings is 5. The van der Waals surface area contributed by atoms with E-state index >= 15 is 0 Å². The summed E-state index contributed by atoms with van der Waals surface area (Å²) in [6.45, 7) is 28.0. The van der Waals surface area contributed by atoms with E-state index in [9.17, 15) is 34.6 Å². The maximum absolute atomic E-state index is 14.6. The van der Waals surface area contributed by atoms with Crippen molar-refractivity contribution >= 4 is 73.8 Å². The van der Waals surface area contributed by atoms with Crippen LogP contribution in [0.4, 0.5) is 38.9 Å². The summed E-state index contributed by atoms with van der Waals surface area (Å²) in [5.74, 6) is 2.83. The van der Waals surface area contributed by atoms with Crippen LogP contribution in [-0.2, 0) is 53.3 Å². The molecule has 9 aliphatic rings. The van der Waals surface area contributed by atoms with Crippen molar-refractivity contribution in [2.45, 2.75) is 147 Å². The Kier molecular flexibility index (Phi) is 29.1. The summed E-state index contributed by atoms with van der Waals surface area (Å²) in [6, 6.07) is 43.7. The molecule has 0 aliphatic carbocycles. The van der Waals surface area contributed by atoms with Crippen molar-refractivity contribution in [1.29, 1.82) is 15.8 Å². The largest absolute Gasteiger partial charge is 0.462 e. The van der Waals surface area contributed by atoms with Crippen LogP contribution in [0.1, 0.15) is 96.8 Å². The quantitative estimate of drug-likeness (QED) is 0.0538. The third kappa shape index (κ3) is 20.6. The van der Waals surface area contributed by atoms with Gasteiger partial charge >= 0.3 is 18.0 Å². The fourth-order valence-corrected chi connectivity index (χ4v) is 19.8. The van der Waals surface area contributed by atoms with Gasteiger partial charge in [-0.1, -0.05) is 111 Å². The Balaban J connectivity index is 0.000000147.